The van der Waals surface area contributed by atoms with Gasteiger partial charge >= 0.3 is 0 Å². The molecule has 0 spiro atoms. The Morgan fingerprint density at radius 3 is 2.76 bits per heavy atom. The largest absolute Gasteiger partial charge is 0.337 e. The summed E-state index contributed by atoms with van der Waals surface area (Å²) < 4.78 is 13.8. The number of likely N-dealkylation sites (tertiary alicyclic amines) is 2. The van der Waals surface area contributed by atoms with Crippen LogP contribution < -0.4 is 0 Å². The van der Waals surface area contributed by atoms with Crippen LogP contribution in [0, 0.1) is 17.7 Å². The van der Waals surface area contributed by atoms with E-state index in [1.165, 1.54) is 18.9 Å². The van der Waals surface area contributed by atoms with Crippen LogP contribution in [0.1, 0.15) is 50.5 Å². The molecule has 1 aromatic rings. The van der Waals surface area contributed by atoms with Gasteiger partial charge in [-0.25, -0.2) is 4.39 Å². The quantitative estimate of drug-likeness (QED) is 0.818. The summed E-state index contributed by atoms with van der Waals surface area (Å²) in [6, 6.07) is 7.59. The lowest BCUT2D eigenvalue weighted by Gasteiger charge is -2.39. The molecule has 4 heteroatoms. The first kappa shape index (κ1) is 17.0. The fraction of sp³-hybridized carbons (Fsp3) is 0.667. The van der Waals surface area contributed by atoms with Gasteiger partial charge in [0.25, 0.3) is 0 Å². The lowest BCUT2D eigenvalue weighted by molar-refractivity contribution is -0.136. The lowest BCUT2D eigenvalue weighted by Crippen LogP contribution is -2.51. The molecule has 0 radical (unpaired) electrons. The van der Waals surface area contributed by atoms with Gasteiger partial charge in [-0.3, -0.25) is 4.79 Å². The molecule has 0 bridgehead atoms. The molecule has 5 atom stereocenters. The van der Waals surface area contributed by atoms with Gasteiger partial charge in [0, 0.05) is 31.0 Å². The Labute approximate surface area is 150 Å². The summed E-state index contributed by atoms with van der Waals surface area (Å²) in [5.74, 6) is 1.13. The smallest absolute Gasteiger partial charge is 0.226 e. The number of halogens is 1. The molecule has 3 fully saturated rings. The molecular weight excluding hydrogens is 315 g/mol. The Hall–Kier alpha value is -1.42. The second-order valence-corrected chi connectivity index (χ2v) is 8.36. The number of nitrogens with zero attached hydrogens (tertiary/aromatic N) is 2. The Balaban J connectivity index is 1.68. The summed E-state index contributed by atoms with van der Waals surface area (Å²) in [6.45, 7) is 3.95. The molecule has 4 rings (SSSR count). The molecule has 1 saturated carbocycles. The standard InChI is InChI=1S/C21H29FN2O/c1-14-11-17(14)21(25)24-10-5-3-4-9-19-20(24)18(13-23(19)2)15-7-6-8-16(22)12-15/h6-8,12,14,17-20H,3-5,9-11,13H2,1-2H3/t14?,17?,18-,19+,20-/m0/s1. The highest BCUT2D eigenvalue weighted by molar-refractivity contribution is 5.82. The first-order valence-corrected chi connectivity index (χ1v) is 9.82. The number of amides is 1. The number of rotatable bonds is 2. The maximum absolute atomic E-state index is 13.8. The van der Waals surface area contributed by atoms with E-state index in [0.717, 1.165) is 37.9 Å². The van der Waals surface area contributed by atoms with Crippen molar-refractivity contribution >= 4 is 5.91 Å². The molecule has 2 saturated heterocycles. The highest BCUT2D eigenvalue weighted by atomic mass is 19.1. The average molecular weight is 344 g/mol. The molecule has 25 heavy (non-hydrogen) atoms. The number of benzene rings is 1. The maximum atomic E-state index is 13.8. The minimum absolute atomic E-state index is 0.178. The molecule has 2 unspecified atom stereocenters. The first-order chi connectivity index (χ1) is 12.1. The number of hydrogen-bond donors (Lipinski definition) is 0. The number of hydrogen-bond acceptors (Lipinski definition) is 2. The van der Waals surface area contributed by atoms with Crippen molar-refractivity contribution in [1.82, 2.24) is 9.80 Å². The van der Waals surface area contributed by atoms with Crippen LogP contribution in [0.3, 0.4) is 0 Å². The van der Waals surface area contributed by atoms with Crippen molar-refractivity contribution < 1.29 is 9.18 Å². The second-order valence-electron chi connectivity index (χ2n) is 8.36. The van der Waals surface area contributed by atoms with Crippen molar-refractivity contribution in [2.75, 3.05) is 20.1 Å². The normalized spacial score (nSPS) is 35.8. The summed E-state index contributed by atoms with van der Waals surface area (Å²) in [4.78, 5) is 17.8. The van der Waals surface area contributed by atoms with Crippen LogP contribution in [-0.2, 0) is 4.79 Å². The number of likely N-dealkylation sites (N-methyl/N-ethyl adjacent to an activating group) is 1. The molecule has 3 nitrogen and oxygen atoms in total. The number of carbonyl (C=O) groups is 1. The molecule has 1 aliphatic carbocycles. The molecule has 136 valence electrons. The van der Waals surface area contributed by atoms with Gasteiger partial charge in [-0.1, -0.05) is 31.9 Å². The van der Waals surface area contributed by atoms with E-state index in [1.807, 2.05) is 6.07 Å². The van der Waals surface area contributed by atoms with Gasteiger partial charge in [-0.05, 0) is 49.9 Å². The van der Waals surface area contributed by atoms with Gasteiger partial charge in [0.15, 0.2) is 0 Å². The Morgan fingerprint density at radius 2 is 2.04 bits per heavy atom. The van der Waals surface area contributed by atoms with Crippen LogP contribution in [0.15, 0.2) is 24.3 Å². The average Bonchev–Trinajstić information content (AvgIpc) is 3.21. The van der Waals surface area contributed by atoms with E-state index in [4.69, 9.17) is 0 Å². The van der Waals surface area contributed by atoms with Crippen LogP contribution in [0.25, 0.3) is 0 Å². The van der Waals surface area contributed by atoms with E-state index in [1.54, 1.807) is 12.1 Å². The van der Waals surface area contributed by atoms with E-state index in [2.05, 4.69) is 23.8 Å². The summed E-state index contributed by atoms with van der Waals surface area (Å²) in [5, 5.41) is 0. The first-order valence-electron chi connectivity index (χ1n) is 9.82. The fourth-order valence-electron chi connectivity index (χ4n) is 5.04. The van der Waals surface area contributed by atoms with Crippen molar-refractivity contribution in [2.45, 2.75) is 57.0 Å². The summed E-state index contributed by atoms with van der Waals surface area (Å²) in [7, 11) is 2.17. The summed E-state index contributed by atoms with van der Waals surface area (Å²) in [6.07, 6.45) is 5.69. The Morgan fingerprint density at radius 1 is 1.24 bits per heavy atom. The van der Waals surface area contributed by atoms with Gasteiger partial charge in [-0.2, -0.15) is 0 Å². The molecule has 3 aliphatic rings. The lowest BCUT2D eigenvalue weighted by atomic mass is 9.86. The van der Waals surface area contributed by atoms with E-state index < -0.39 is 0 Å². The topological polar surface area (TPSA) is 23.6 Å². The van der Waals surface area contributed by atoms with Gasteiger partial charge in [0.1, 0.15) is 5.82 Å². The van der Waals surface area contributed by atoms with Crippen molar-refractivity contribution in [2.24, 2.45) is 11.8 Å². The van der Waals surface area contributed by atoms with Crippen molar-refractivity contribution in [3.05, 3.63) is 35.6 Å². The van der Waals surface area contributed by atoms with Crippen LogP contribution in [0.5, 0.6) is 0 Å². The molecule has 0 N–H and O–H groups in total. The van der Waals surface area contributed by atoms with E-state index in [9.17, 15) is 9.18 Å². The number of fused-ring (bicyclic) bond motifs is 1. The number of carbonyl (C=O) groups excluding carboxylic acids is 1. The third-order valence-corrected chi connectivity index (χ3v) is 6.60. The van der Waals surface area contributed by atoms with E-state index in [-0.39, 0.29) is 23.7 Å². The van der Waals surface area contributed by atoms with Crippen molar-refractivity contribution in [1.29, 1.82) is 0 Å². The zero-order valence-corrected chi connectivity index (χ0v) is 15.3. The SMILES string of the molecule is CC1CC1C(=O)N1CCCCC[C@@H]2[C@@H]1[C@H](c1cccc(F)c1)CN2C. The third-order valence-electron chi connectivity index (χ3n) is 6.60. The van der Waals surface area contributed by atoms with Crippen molar-refractivity contribution in [3.63, 3.8) is 0 Å². The van der Waals surface area contributed by atoms with Gasteiger partial charge in [0.2, 0.25) is 5.91 Å². The minimum Gasteiger partial charge on any atom is -0.337 e. The third kappa shape index (κ3) is 3.21. The Bertz CT molecular complexity index is 649. The molecule has 0 aromatic heterocycles. The van der Waals surface area contributed by atoms with Crippen molar-refractivity contribution in [3.8, 4) is 0 Å². The van der Waals surface area contributed by atoms with Crippen LogP contribution in [-0.4, -0.2) is 47.9 Å². The monoisotopic (exact) mass is 344 g/mol. The van der Waals surface area contributed by atoms with E-state index >= 15 is 0 Å². The molecule has 2 heterocycles. The predicted molar refractivity (Wildman–Crippen MR) is 96.8 cm³/mol. The molecule has 2 aliphatic heterocycles. The maximum Gasteiger partial charge on any atom is 0.226 e. The second kappa shape index (κ2) is 6.71. The van der Waals surface area contributed by atoms with Gasteiger partial charge in [-0.15, -0.1) is 0 Å². The fourth-order valence-corrected chi connectivity index (χ4v) is 5.04. The predicted octanol–water partition coefficient (Wildman–Crippen LogP) is 3.65. The summed E-state index contributed by atoms with van der Waals surface area (Å²) in [5.41, 5.74) is 1.04. The van der Waals surface area contributed by atoms with Crippen LogP contribution in [0.4, 0.5) is 4.39 Å². The minimum atomic E-state index is -0.178. The zero-order valence-electron chi connectivity index (χ0n) is 15.3. The van der Waals surface area contributed by atoms with Crippen LogP contribution >= 0.6 is 0 Å². The van der Waals surface area contributed by atoms with Gasteiger partial charge < -0.3 is 9.80 Å². The van der Waals surface area contributed by atoms with Gasteiger partial charge in [0.05, 0.1) is 6.04 Å². The highest BCUT2D eigenvalue weighted by Gasteiger charge is 2.49. The highest BCUT2D eigenvalue weighted by Crippen LogP contribution is 2.44. The van der Waals surface area contributed by atoms with E-state index in [0.29, 0.717) is 17.9 Å². The molecular formula is C21H29FN2O. The molecule has 1 amide bonds. The zero-order chi connectivity index (χ0) is 17.6. The Kier molecular flexibility index (Phi) is 4.57. The molecule has 1 aromatic carbocycles. The van der Waals surface area contributed by atoms with Crippen LogP contribution in [0.2, 0.25) is 0 Å². The summed E-state index contributed by atoms with van der Waals surface area (Å²) >= 11 is 0.